The number of nitro benzene ring substituents is 1. The number of rotatable bonds is 5. The van der Waals surface area contributed by atoms with E-state index in [-0.39, 0.29) is 10.7 Å². The summed E-state index contributed by atoms with van der Waals surface area (Å²) in [5.74, 6) is -1.09. The third kappa shape index (κ3) is 3.15. The second-order valence-corrected chi connectivity index (χ2v) is 3.70. The fraction of sp³-hybridized carbons (Fsp3) is 0.300. The van der Waals surface area contributed by atoms with Gasteiger partial charge in [0.15, 0.2) is 0 Å². The summed E-state index contributed by atoms with van der Waals surface area (Å²) in [6.07, 6.45) is 0. The van der Waals surface area contributed by atoms with Crippen LogP contribution in [0.15, 0.2) is 18.2 Å². The van der Waals surface area contributed by atoms with E-state index in [9.17, 15) is 14.9 Å². The lowest BCUT2D eigenvalue weighted by atomic mass is 10.1. The van der Waals surface area contributed by atoms with Gasteiger partial charge in [0.2, 0.25) is 0 Å². The number of likely N-dealkylation sites (N-methyl/N-ethyl adjacent to an activating group) is 1. The van der Waals surface area contributed by atoms with Crippen molar-refractivity contribution in [1.82, 2.24) is 5.32 Å². The van der Waals surface area contributed by atoms with Crippen LogP contribution in [0, 0.1) is 10.1 Å². The third-order valence-corrected chi connectivity index (χ3v) is 2.48. The lowest BCUT2D eigenvalue weighted by Gasteiger charge is -2.13. The average molecular weight is 259 g/mol. The van der Waals surface area contributed by atoms with Crippen LogP contribution < -0.4 is 5.32 Å². The number of carboxylic acid groups (broad SMARTS) is 1. The summed E-state index contributed by atoms with van der Waals surface area (Å²) in [5, 5.41) is 22.4. The van der Waals surface area contributed by atoms with Crippen molar-refractivity contribution in [1.29, 1.82) is 0 Å². The zero-order chi connectivity index (χ0) is 13.0. The van der Waals surface area contributed by atoms with Gasteiger partial charge >= 0.3 is 5.97 Å². The van der Waals surface area contributed by atoms with E-state index in [4.69, 9.17) is 16.7 Å². The summed E-state index contributed by atoms with van der Waals surface area (Å²) in [7, 11) is 0. The minimum atomic E-state index is -1.09. The van der Waals surface area contributed by atoms with Crippen molar-refractivity contribution in [2.45, 2.75) is 13.0 Å². The van der Waals surface area contributed by atoms with Gasteiger partial charge in [0.25, 0.3) is 5.69 Å². The third-order valence-electron chi connectivity index (χ3n) is 2.16. The van der Waals surface area contributed by atoms with Gasteiger partial charge in [-0.25, -0.2) is 0 Å². The topological polar surface area (TPSA) is 92.5 Å². The Bertz CT molecular complexity index is 450. The van der Waals surface area contributed by atoms with Gasteiger partial charge in [-0.2, -0.15) is 0 Å². The van der Waals surface area contributed by atoms with Crippen LogP contribution in [0.1, 0.15) is 18.5 Å². The monoisotopic (exact) mass is 258 g/mol. The maximum atomic E-state index is 11.0. The molecule has 1 unspecified atom stereocenters. The normalized spacial score (nSPS) is 12.1. The van der Waals surface area contributed by atoms with E-state index in [1.807, 2.05) is 0 Å². The Morgan fingerprint density at radius 1 is 1.65 bits per heavy atom. The summed E-state index contributed by atoms with van der Waals surface area (Å²) in [5.41, 5.74) is 0.00349. The standard InChI is InChI=1S/C10H11ClN2O4/c1-2-12-9(10(14)15)6-3-4-7(11)8(5-6)13(16)17/h3-5,9,12H,2H2,1H3,(H,14,15). The van der Waals surface area contributed by atoms with Crippen LogP contribution in [-0.4, -0.2) is 22.5 Å². The zero-order valence-corrected chi connectivity index (χ0v) is 9.77. The minimum Gasteiger partial charge on any atom is -0.480 e. The highest BCUT2D eigenvalue weighted by atomic mass is 35.5. The van der Waals surface area contributed by atoms with Gasteiger partial charge in [-0.3, -0.25) is 14.9 Å². The Balaban J connectivity index is 3.16. The molecule has 0 aliphatic carbocycles. The van der Waals surface area contributed by atoms with Crippen molar-refractivity contribution < 1.29 is 14.8 Å². The van der Waals surface area contributed by atoms with E-state index < -0.39 is 16.9 Å². The summed E-state index contributed by atoms with van der Waals surface area (Å²) in [4.78, 5) is 21.0. The van der Waals surface area contributed by atoms with E-state index in [1.165, 1.54) is 18.2 Å². The average Bonchev–Trinajstić information content (AvgIpc) is 2.26. The van der Waals surface area contributed by atoms with Crippen molar-refractivity contribution in [3.05, 3.63) is 38.9 Å². The summed E-state index contributed by atoms with van der Waals surface area (Å²) in [6.45, 7) is 2.19. The lowest BCUT2D eigenvalue weighted by Crippen LogP contribution is -2.28. The van der Waals surface area contributed by atoms with E-state index in [2.05, 4.69) is 5.32 Å². The van der Waals surface area contributed by atoms with Crippen LogP contribution in [0.4, 0.5) is 5.69 Å². The first-order chi connectivity index (χ1) is 7.97. The molecule has 1 rings (SSSR count). The fourth-order valence-corrected chi connectivity index (χ4v) is 1.59. The molecular formula is C10H11ClN2O4. The molecule has 0 fully saturated rings. The van der Waals surface area contributed by atoms with Crippen molar-refractivity contribution in [2.75, 3.05) is 6.54 Å². The van der Waals surface area contributed by atoms with E-state index in [0.717, 1.165) is 0 Å². The van der Waals surface area contributed by atoms with Crippen molar-refractivity contribution >= 4 is 23.3 Å². The van der Waals surface area contributed by atoms with Gasteiger partial charge in [0.1, 0.15) is 11.1 Å². The molecule has 2 N–H and O–H groups in total. The molecule has 0 aromatic heterocycles. The second kappa shape index (κ2) is 5.60. The van der Waals surface area contributed by atoms with E-state index >= 15 is 0 Å². The second-order valence-electron chi connectivity index (χ2n) is 3.30. The highest BCUT2D eigenvalue weighted by molar-refractivity contribution is 6.32. The first-order valence-corrected chi connectivity index (χ1v) is 5.25. The van der Waals surface area contributed by atoms with Crippen molar-refractivity contribution in [3.63, 3.8) is 0 Å². The molecule has 0 radical (unpaired) electrons. The van der Waals surface area contributed by atoms with E-state index in [0.29, 0.717) is 12.1 Å². The van der Waals surface area contributed by atoms with Gasteiger partial charge in [-0.1, -0.05) is 24.6 Å². The van der Waals surface area contributed by atoms with Crippen LogP contribution in [-0.2, 0) is 4.79 Å². The smallest absolute Gasteiger partial charge is 0.325 e. The number of carboxylic acids is 1. The van der Waals surface area contributed by atoms with Gasteiger partial charge in [0.05, 0.1) is 4.92 Å². The molecule has 0 amide bonds. The number of hydrogen-bond acceptors (Lipinski definition) is 4. The number of nitro groups is 1. The van der Waals surface area contributed by atoms with Crippen LogP contribution in [0.25, 0.3) is 0 Å². The first kappa shape index (κ1) is 13.4. The molecule has 92 valence electrons. The fourth-order valence-electron chi connectivity index (χ4n) is 1.40. The number of carbonyl (C=O) groups is 1. The Morgan fingerprint density at radius 2 is 2.29 bits per heavy atom. The summed E-state index contributed by atoms with van der Waals surface area (Å²) < 4.78 is 0. The van der Waals surface area contributed by atoms with Crippen LogP contribution in [0.3, 0.4) is 0 Å². The van der Waals surface area contributed by atoms with Crippen molar-refractivity contribution in [3.8, 4) is 0 Å². The predicted molar refractivity (Wildman–Crippen MR) is 62.2 cm³/mol. The SMILES string of the molecule is CCNC(C(=O)O)c1ccc(Cl)c([N+](=O)[O-])c1. The minimum absolute atomic E-state index is 0.0145. The predicted octanol–water partition coefficient (Wildman–Crippen LogP) is 1.98. The number of nitrogens with zero attached hydrogens (tertiary/aromatic N) is 1. The maximum Gasteiger partial charge on any atom is 0.325 e. The molecule has 1 atom stereocenters. The Labute approximate surface area is 102 Å². The Morgan fingerprint density at radius 3 is 2.76 bits per heavy atom. The molecule has 0 saturated heterocycles. The molecule has 6 nitrogen and oxygen atoms in total. The zero-order valence-electron chi connectivity index (χ0n) is 9.01. The lowest BCUT2D eigenvalue weighted by molar-refractivity contribution is -0.384. The number of aliphatic carboxylic acids is 1. The largest absolute Gasteiger partial charge is 0.480 e. The first-order valence-electron chi connectivity index (χ1n) is 4.87. The molecule has 1 aromatic rings. The summed E-state index contributed by atoms with van der Waals surface area (Å²) in [6, 6.07) is 2.97. The molecule has 0 bridgehead atoms. The van der Waals surface area contributed by atoms with Crippen LogP contribution in [0.5, 0.6) is 0 Å². The molecule has 17 heavy (non-hydrogen) atoms. The number of halogens is 1. The quantitative estimate of drug-likeness (QED) is 0.622. The molecule has 0 aliphatic rings. The highest BCUT2D eigenvalue weighted by Gasteiger charge is 2.22. The van der Waals surface area contributed by atoms with Crippen molar-refractivity contribution in [2.24, 2.45) is 0 Å². The maximum absolute atomic E-state index is 11.0. The highest BCUT2D eigenvalue weighted by Crippen LogP contribution is 2.27. The van der Waals surface area contributed by atoms with Crippen LogP contribution in [0.2, 0.25) is 5.02 Å². The number of hydrogen-bond donors (Lipinski definition) is 2. The van der Waals surface area contributed by atoms with Gasteiger partial charge in [-0.05, 0) is 18.2 Å². The number of nitrogens with one attached hydrogen (secondary N) is 1. The van der Waals surface area contributed by atoms with Gasteiger partial charge in [0, 0.05) is 6.07 Å². The molecule has 0 aliphatic heterocycles. The number of benzene rings is 1. The molecule has 7 heteroatoms. The van der Waals surface area contributed by atoms with Gasteiger partial charge < -0.3 is 10.4 Å². The van der Waals surface area contributed by atoms with E-state index in [1.54, 1.807) is 6.92 Å². The molecule has 0 saturated carbocycles. The summed E-state index contributed by atoms with van der Waals surface area (Å²) >= 11 is 5.64. The molecule has 0 heterocycles. The Hall–Kier alpha value is -1.66. The molecular weight excluding hydrogens is 248 g/mol. The molecule has 0 spiro atoms. The Kier molecular flexibility index (Phi) is 4.42. The molecule has 1 aromatic carbocycles. The van der Waals surface area contributed by atoms with Gasteiger partial charge in [-0.15, -0.1) is 0 Å². The van der Waals surface area contributed by atoms with Crippen LogP contribution >= 0.6 is 11.6 Å².